The van der Waals surface area contributed by atoms with E-state index in [2.05, 4.69) is 4.98 Å². The predicted octanol–water partition coefficient (Wildman–Crippen LogP) is 6.03. The Morgan fingerprint density at radius 3 is 2.60 bits per heavy atom. The zero-order chi connectivity index (χ0) is 30.3. The maximum Gasteiger partial charge on any atom is 0.339 e. The van der Waals surface area contributed by atoms with E-state index in [0.717, 1.165) is 11.8 Å². The molecule has 0 spiro atoms. The molecular weight excluding hydrogens is 546 g/mol. The zero-order valence-corrected chi connectivity index (χ0v) is 24.1. The Morgan fingerprint density at radius 2 is 1.93 bits per heavy atom. The molecule has 0 saturated heterocycles. The van der Waals surface area contributed by atoms with Gasteiger partial charge in [-0.3, -0.25) is 9.78 Å². The molecule has 1 atom stereocenters. The summed E-state index contributed by atoms with van der Waals surface area (Å²) in [7, 11) is 1.48. The standard InChI is InChI=1S/C32H32F2N2O6/c1-17-21-7-6-12-40-28(21)25(34)14-23(17)26-22-11-10-20(41-16-19-9-8-18(33)15-35-19)13-24(22)30(37)36(5)27(26)29(31(38)39)42-32(2,3)4/h8-11,13-15,29H,6-7,12,16H2,1-5H3,(H,38,39). The Balaban J connectivity index is 1.76. The molecule has 0 aliphatic carbocycles. The molecule has 2 aromatic heterocycles. The summed E-state index contributed by atoms with van der Waals surface area (Å²) < 4.78 is 47.5. The minimum absolute atomic E-state index is 0.0344. The second-order valence-electron chi connectivity index (χ2n) is 11.3. The topological polar surface area (TPSA) is 99.9 Å². The largest absolute Gasteiger partial charge is 0.490 e. The van der Waals surface area contributed by atoms with Crippen LogP contribution < -0.4 is 15.0 Å². The van der Waals surface area contributed by atoms with Gasteiger partial charge >= 0.3 is 5.97 Å². The summed E-state index contributed by atoms with van der Waals surface area (Å²) in [5.41, 5.74) is 1.50. The second-order valence-corrected chi connectivity index (χ2v) is 11.3. The summed E-state index contributed by atoms with van der Waals surface area (Å²) in [6, 6.07) is 8.97. The van der Waals surface area contributed by atoms with E-state index in [9.17, 15) is 19.1 Å². The molecule has 220 valence electrons. The first kappa shape index (κ1) is 29.2. The van der Waals surface area contributed by atoms with E-state index in [4.69, 9.17) is 14.2 Å². The van der Waals surface area contributed by atoms with Crippen LogP contribution in [-0.4, -0.2) is 32.8 Å². The molecule has 3 heterocycles. The summed E-state index contributed by atoms with van der Waals surface area (Å²) >= 11 is 0. The molecule has 10 heteroatoms. The average Bonchev–Trinajstić information content (AvgIpc) is 2.95. The molecular formula is C32H32F2N2O6. The number of carboxylic acids is 1. The van der Waals surface area contributed by atoms with Crippen molar-refractivity contribution in [2.75, 3.05) is 6.61 Å². The van der Waals surface area contributed by atoms with Crippen molar-refractivity contribution in [2.45, 2.75) is 58.8 Å². The molecule has 1 N–H and O–H groups in total. The van der Waals surface area contributed by atoms with Crippen LogP contribution in [0, 0.1) is 18.6 Å². The number of halogens is 2. The van der Waals surface area contributed by atoms with Gasteiger partial charge in [0, 0.05) is 18.2 Å². The van der Waals surface area contributed by atoms with Crippen molar-refractivity contribution in [2.24, 2.45) is 7.05 Å². The number of hydrogen-bond acceptors (Lipinski definition) is 6. The van der Waals surface area contributed by atoms with Gasteiger partial charge in [-0.05, 0) is 93.4 Å². The number of pyridine rings is 2. The number of fused-ring (bicyclic) bond motifs is 2. The molecule has 0 amide bonds. The third kappa shape index (κ3) is 5.59. The molecule has 5 rings (SSSR count). The Kier molecular flexibility index (Phi) is 7.76. The van der Waals surface area contributed by atoms with Crippen LogP contribution in [0.5, 0.6) is 11.5 Å². The lowest BCUT2D eigenvalue weighted by atomic mass is 9.87. The van der Waals surface area contributed by atoms with Crippen molar-refractivity contribution in [3.8, 4) is 22.6 Å². The van der Waals surface area contributed by atoms with Gasteiger partial charge in [-0.1, -0.05) is 0 Å². The lowest BCUT2D eigenvalue weighted by molar-refractivity contribution is -0.161. The van der Waals surface area contributed by atoms with Gasteiger partial charge in [-0.2, -0.15) is 0 Å². The number of aromatic nitrogens is 2. The molecule has 4 aromatic rings. The van der Waals surface area contributed by atoms with Crippen LogP contribution in [-0.2, 0) is 29.6 Å². The van der Waals surface area contributed by atoms with E-state index in [1.165, 1.54) is 29.8 Å². The highest BCUT2D eigenvalue weighted by Crippen LogP contribution is 2.43. The van der Waals surface area contributed by atoms with E-state index < -0.39 is 34.9 Å². The SMILES string of the molecule is Cc1c(-c2c(C(OC(C)(C)C)C(=O)O)n(C)c(=O)c3cc(OCc4ccc(F)cn4)ccc23)cc(F)c2c1CCCO2. The molecule has 0 fully saturated rings. The first-order chi connectivity index (χ1) is 19.9. The van der Waals surface area contributed by atoms with Gasteiger partial charge in [0.25, 0.3) is 5.56 Å². The summed E-state index contributed by atoms with van der Waals surface area (Å²) in [5, 5.41) is 11.0. The van der Waals surface area contributed by atoms with Crippen molar-refractivity contribution in [1.82, 2.24) is 9.55 Å². The van der Waals surface area contributed by atoms with E-state index in [-0.39, 0.29) is 23.4 Å². The number of benzene rings is 2. The molecule has 2 aromatic carbocycles. The zero-order valence-electron chi connectivity index (χ0n) is 24.1. The van der Waals surface area contributed by atoms with Crippen LogP contribution in [0.25, 0.3) is 21.9 Å². The maximum absolute atomic E-state index is 15.5. The van der Waals surface area contributed by atoms with Crippen LogP contribution in [0.15, 0.2) is 47.4 Å². The number of carboxylic acid groups (broad SMARTS) is 1. The van der Waals surface area contributed by atoms with Gasteiger partial charge in [0.1, 0.15) is 18.2 Å². The van der Waals surface area contributed by atoms with Gasteiger partial charge in [-0.25, -0.2) is 13.6 Å². The summed E-state index contributed by atoms with van der Waals surface area (Å²) in [4.78, 5) is 30.4. The second kappa shape index (κ2) is 11.2. The summed E-state index contributed by atoms with van der Waals surface area (Å²) in [6.45, 7) is 7.46. The molecule has 1 aliphatic heterocycles. The fraction of sp³-hybridized carbons (Fsp3) is 0.344. The molecule has 42 heavy (non-hydrogen) atoms. The van der Waals surface area contributed by atoms with Crippen molar-refractivity contribution in [3.05, 3.63) is 87.1 Å². The first-order valence-electron chi connectivity index (χ1n) is 13.6. The number of rotatable bonds is 7. The van der Waals surface area contributed by atoms with Crippen LogP contribution in [0.4, 0.5) is 8.78 Å². The van der Waals surface area contributed by atoms with Gasteiger partial charge in [0.2, 0.25) is 0 Å². The van der Waals surface area contributed by atoms with Crippen molar-refractivity contribution >= 4 is 16.7 Å². The lowest BCUT2D eigenvalue weighted by Crippen LogP contribution is -2.33. The van der Waals surface area contributed by atoms with E-state index >= 15 is 4.39 Å². The summed E-state index contributed by atoms with van der Waals surface area (Å²) in [5.74, 6) is -1.76. The lowest BCUT2D eigenvalue weighted by Gasteiger charge is -2.29. The monoisotopic (exact) mass is 578 g/mol. The molecule has 1 aliphatic rings. The highest BCUT2D eigenvalue weighted by molar-refractivity contribution is 6.00. The molecule has 0 saturated carbocycles. The molecule has 8 nitrogen and oxygen atoms in total. The summed E-state index contributed by atoms with van der Waals surface area (Å²) in [6.07, 6.45) is 0.872. The van der Waals surface area contributed by atoms with E-state index in [0.29, 0.717) is 53.0 Å². The van der Waals surface area contributed by atoms with Crippen LogP contribution in [0.1, 0.15) is 55.8 Å². The number of aliphatic carboxylic acids is 1. The Morgan fingerprint density at radius 1 is 1.17 bits per heavy atom. The van der Waals surface area contributed by atoms with Crippen LogP contribution >= 0.6 is 0 Å². The minimum Gasteiger partial charge on any atom is -0.490 e. The Hall–Kier alpha value is -4.31. The first-order valence-corrected chi connectivity index (χ1v) is 13.6. The molecule has 0 bridgehead atoms. The fourth-order valence-electron chi connectivity index (χ4n) is 5.34. The third-order valence-corrected chi connectivity index (χ3v) is 7.24. The highest BCUT2D eigenvalue weighted by atomic mass is 19.1. The Labute approximate surface area is 241 Å². The van der Waals surface area contributed by atoms with Gasteiger partial charge < -0.3 is 23.9 Å². The number of nitrogens with zero attached hydrogens (tertiary/aromatic N) is 2. The van der Waals surface area contributed by atoms with Crippen LogP contribution in [0.3, 0.4) is 0 Å². The van der Waals surface area contributed by atoms with E-state index in [1.807, 2.05) is 6.92 Å². The minimum atomic E-state index is -1.53. The van der Waals surface area contributed by atoms with Gasteiger partial charge in [-0.15, -0.1) is 0 Å². The number of ether oxygens (including phenoxy) is 3. The Bertz CT molecular complexity index is 1740. The highest BCUT2D eigenvalue weighted by Gasteiger charge is 2.34. The average molecular weight is 579 g/mol. The smallest absolute Gasteiger partial charge is 0.339 e. The molecule has 1 unspecified atom stereocenters. The normalized spacial score (nSPS) is 13.9. The van der Waals surface area contributed by atoms with Crippen molar-refractivity contribution in [3.63, 3.8) is 0 Å². The quantitative estimate of drug-likeness (QED) is 0.286. The maximum atomic E-state index is 15.5. The van der Waals surface area contributed by atoms with E-state index in [1.54, 1.807) is 39.0 Å². The molecule has 0 radical (unpaired) electrons. The van der Waals surface area contributed by atoms with Gasteiger partial charge in [0.15, 0.2) is 17.7 Å². The number of carbonyl (C=O) groups is 1. The van der Waals surface area contributed by atoms with Gasteiger partial charge in [0.05, 0.1) is 35.2 Å². The van der Waals surface area contributed by atoms with Crippen LogP contribution in [0.2, 0.25) is 0 Å². The number of hydrogen-bond donors (Lipinski definition) is 1. The third-order valence-electron chi connectivity index (χ3n) is 7.24. The fourth-order valence-corrected chi connectivity index (χ4v) is 5.34. The van der Waals surface area contributed by atoms with Crippen molar-refractivity contribution < 1.29 is 32.9 Å². The van der Waals surface area contributed by atoms with Crippen molar-refractivity contribution in [1.29, 1.82) is 0 Å². The predicted molar refractivity (Wildman–Crippen MR) is 153 cm³/mol.